The van der Waals surface area contributed by atoms with Gasteiger partial charge in [-0.15, -0.1) is 11.3 Å². The Labute approximate surface area is 127 Å². The van der Waals surface area contributed by atoms with Crippen LogP contribution < -0.4 is 10.0 Å². The van der Waals surface area contributed by atoms with E-state index >= 15 is 0 Å². The maximum atomic E-state index is 12.2. The van der Waals surface area contributed by atoms with Crippen LogP contribution >= 0.6 is 11.3 Å². The first-order valence-corrected chi connectivity index (χ1v) is 9.65. The molecule has 0 unspecified atom stereocenters. The van der Waals surface area contributed by atoms with Gasteiger partial charge in [0, 0.05) is 10.9 Å². The molecule has 0 aromatic carbocycles. The van der Waals surface area contributed by atoms with E-state index in [0.29, 0.717) is 4.21 Å². The highest BCUT2D eigenvalue weighted by molar-refractivity contribution is 7.91. The highest BCUT2D eigenvalue weighted by atomic mass is 32.2. The largest absolute Gasteiger partial charge is 0.316 e. The molecule has 0 spiro atoms. The predicted octanol–water partition coefficient (Wildman–Crippen LogP) is 2.76. The van der Waals surface area contributed by atoms with Crippen LogP contribution in [0.5, 0.6) is 0 Å². The molecular weight excluding hydrogens is 292 g/mol. The summed E-state index contributed by atoms with van der Waals surface area (Å²) in [4.78, 5) is 1.11. The van der Waals surface area contributed by atoms with Gasteiger partial charge in [0.25, 0.3) is 0 Å². The molecule has 0 fully saturated rings. The first-order valence-electron chi connectivity index (χ1n) is 7.35. The van der Waals surface area contributed by atoms with Crippen molar-refractivity contribution in [3.8, 4) is 0 Å². The number of sulfonamides is 1. The second-order valence-electron chi connectivity index (χ2n) is 4.86. The van der Waals surface area contributed by atoms with Crippen molar-refractivity contribution >= 4 is 21.4 Å². The molecule has 1 rings (SSSR count). The molecule has 0 radical (unpaired) electrons. The van der Waals surface area contributed by atoms with Gasteiger partial charge >= 0.3 is 0 Å². The molecular formula is C14H26N2O2S2. The molecule has 1 aromatic heterocycles. The van der Waals surface area contributed by atoms with Crippen LogP contribution in [-0.2, 0) is 16.4 Å². The average molecular weight is 319 g/mol. The number of hydrogen-bond acceptors (Lipinski definition) is 4. The smallest absolute Gasteiger partial charge is 0.250 e. The lowest BCUT2D eigenvalue weighted by Crippen LogP contribution is -2.33. The van der Waals surface area contributed by atoms with E-state index < -0.39 is 10.0 Å². The average Bonchev–Trinajstić information content (AvgIpc) is 2.90. The fourth-order valence-corrected chi connectivity index (χ4v) is 4.66. The van der Waals surface area contributed by atoms with Gasteiger partial charge in [0.2, 0.25) is 10.0 Å². The first-order chi connectivity index (χ1) is 9.53. The Hall–Kier alpha value is -0.430. The zero-order valence-corrected chi connectivity index (χ0v) is 14.2. The summed E-state index contributed by atoms with van der Waals surface area (Å²) in [7, 11) is -3.35. The van der Waals surface area contributed by atoms with Crippen LogP contribution in [0.2, 0.25) is 0 Å². The topological polar surface area (TPSA) is 58.2 Å². The third-order valence-electron chi connectivity index (χ3n) is 3.18. The van der Waals surface area contributed by atoms with Crippen LogP contribution in [0.15, 0.2) is 16.3 Å². The minimum atomic E-state index is -3.35. The van der Waals surface area contributed by atoms with Gasteiger partial charge < -0.3 is 5.32 Å². The number of rotatable bonds is 10. The van der Waals surface area contributed by atoms with Crippen molar-refractivity contribution in [2.24, 2.45) is 0 Å². The van der Waals surface area contributed by atoms with Gasteiger partial charge in [-0.2, -0.15) is 0 Å². The molecule has 2 N–H and O–H groups in total. The maximum Gasteiger partial charge on any atom is 0.250 e. The summed E-state index contributed by atoms with van der Waals surface area (Å²) < 4.78 is 27.7. The summed E-state index contributed by atoms with van der Waals surface area (Å²) in [6.45, 7) is 8.03. The molecule has 0 saturated carbocycles. The second kappa shape index (κ2) is 8.77. The molecule has 0 amide bonds. The predicted molar refractivity (Wildman–Crippen MR) is 85.9 cm³/mol. The van der Waals surface area contributed by atoms with E-state index in [1.54, 1.807) is 6.07 Å². The lowest BCUT2D eigenvalue weighted by atomic mass is 10.2. The zero-order valence-electron chi connectivity index (χ0n) is 12.6. The standard InChI is InChI=1S/C14H26N2O2S2/c1-4-10-15-11-9-13-7-8-14(19-13)20(17,18)16-12(5-2)6-3/h7-8,12,15-16H,4-6,9-11H2,1-3H3. The van der Waals surface area contributed by atoms with Crippen LogP contribution in [0, 0.1) is 0 Å². The molecule has 4 nitrogen and oxygen atoms in total. The Morgan fingerprint density at radius 2 is 1.85 bits per heavy atom. The van der Waals surface area contributed by atoms with Crippen molar-refractivity contribution in [1.29, 1.82) is 0 Å². The van der Waals surface area contributed by atoms with Gasteiger partial charge in [0.05, 0.1) is 0 Å². The van der Waals surface area contributed by atoms with Gasteiger partial charge in [-0.05, 0) is 50.9 Å². The Kier molecular flexibility index (Phi) is 7.72. The molecule has 0 aliphatic heterocycles. The fourth-order valence-electron chi connectivity index (χ4n) is 1.88. The first kappa shape index (κ1) is 17.6. The van der Waals surface area contributed by atoms with Crippen LogP contribution in [-0.4, -0.2) is 27.5 Å². The van der Waals surface area contributed by atoms with Gasteiger partial charge in [0.15, 0.2) is 0 Å². The molecule has 1 heterocycles. The lowest BCUT2D eigenvalue weighted by molar-refractivity contribution is 0.531. The second-order valence-corrected chi connectivity index (χ2v) is 7.96. The van der Waals surface area contributed by atoms with E-state index in [4.69, 9.17) is 0 Å². The van der Waals surface area contributed by atoms with Crippen molar-refractivity contribution in [3.63, 3.8) is 0 Å². The van der Waals surface area contributed by atoms with Crippen LogP contribution in [0.25, 0.3) is 0 Å². The summed E-state index contributed by atoms with van der Waals surface area (Å²) in [5.41, 5.74) is 0. The van der Waals surface area contributed by atoms with Gasteiger partial charge in [0.1, 0.15) is 4.21 Å². The fraction of sp³-hybridized carbons (Fsp3) is 0.714. The molecule has 0 bridgehead atoms. The van der Waals surface area contributed by atoms with Crippen molar-refractivity contribution in [2.45, 2.75) is 56.7 Å². The van der Waals surface area contributed by atoms with Crippen molar-refractivity contribution < 1.29 is 8.42 Å². The summed E-state index contributed by atoms with van der Waals surface area (Å²) in [5.74, 6) is 0. The summed E-state index contributed by atoms with van der Waals surface area (Å²) >= 11 is 1.37. The highest BCUT2D eigenvalue weighted by Crippen LogP contribution is 2.22. The van der Waals surface area contributed by atoms with Gasteiger partial charge in [-0.1, -0.05) is 20.8 Å². The Morgan fingerprint density at radius 3 is 2.45 bits per heavy atom. The molecule has 1 aromatic rings. The van der Waals surface area contributed by atoms with E-state index in [1.807, 2.05) is 19.9 Å². The number of nitrogens with one attached hydrogen (secondary N) is 2. The van der Waals surface area contributed by atoms with Gasteiger partial charge in [-0.3, -0.25) is 0 Å². The van der Waals surface area contributed by atoms with Crippen LogP contribution in [0.3, 0.4) is 0 Å². The minimum Gasteiger partial charge on any atom is -0.316 e. The third-order valence-corrected chi connectivity index (χ3v) is 6.34. The normalized spacial score (nSPS) is 12.2. The minimum absolute atomic E-state index is 0.0248. The van der Waals surface area contributed by atoms with E-state index in [9.17, 15) is 8.42 Å². The third kappa shape index (κ3) is 5.52. The number of hydrogen-bond donors (Lipinski definition) is 2. The molecule has 0 aliphatic carbocycles. The molecule has 116 valence electrons. The Balaban J connectivity index is 2.61. The van der Waals surface area contributed by atoms with E-state index in [-0.39, 0.29) is 6.04 Å². The lowest BCUT2D eigenvalue weighted by Gasteiger charge is -2.13. The van der Waals surface area contributed by atoms with Crippen molar-refractivity contribution in [2.75, 3.05) is 13.1 Å². The van der Waals surface area contributed by atoms with E-state index in [2.05, 4.69) is 17.0 Å². The van der Waals surface area contributed by atoms with Crippen LogP contribution in [0.1, 0.15) is 44.9 Å². The Bertz CT molecular complexity index is 479. The number of thiophene rings is 1. The molecule has 20 heavy (non-hydrogen) atoms. The molecule has 0 aliphatic rings. The highest BCUT2D eigenvalue weighted by Gasteiger charge is 2.19. The SMILES string of the molecule is CCCNCCc1ccc(S(=O)(=O)NC(CC)CC)s1. The van der Waals surface area contributed by atoms with Crippen molar-refractivity contribution in [3.05, 3.63) is 17.0 Å². The van der Waals surface area contributed by atoms with Crippen molar-refractivity contribution in [1.82, 2.24) is 10.0 Å². The summed E-state index contributed by atoms with van der Waals surface area (Å²) in [6.07, 6.45) is 3.62. The molecule has 0 saturated heterocycles. The monoisotopic (exact) mass is 318 g/mol. The maximum absolute atomic E-state index is 12.2. The molecule has 6 heteroatoms. The van der Waals surface area contributed by atoms with E-state index in [1.165, 1.54) is 11.3 Å². The van der Waals surface area contributed by atoms with Gasteiger partial charge in [-0.25, -0.2) is 13.1 Å². The quantitative estimate of drug-likeness (QED) is 0.652. The van der Waals surface area contributed by atoms with Crippen LogP contribution in [0.4, 0.5) is 0 Å². The van der Waals surface area contributed by atoms with E-state index in [0.717, 1.165) is 43.6 Å². The Morgan fingerprint density at radius 1 is 1.15 bits per heavy atom. The summed E-state index contributed by atoms with van der Waals surface area (Å²) in [6, 6.07) is 3.65. The zero-order chi connectivity index (χ0) is 15.0. The molecule has 0 atom stereocenters. The summed E-state index contributed by atoms with van der Waals surface area (Å²) in [5, 5.41) is 3.32.